The average Bonchev–Trinajstić information content (AvgIpc) is 2.04. The molecule has 0 aliphatic heterocycles. The van der Waals surface area contributed by atoms with Gasteiger partial charge in [0, 0.05) is 0 Å². The number of rotatable bonds is 2. The number of nitrogens with one attached hydrogen (secondary N) is 1. The van der Waals surface area contributed by atoms with Crippen molar-refractivity contribution >= 4 is 16.0 Å². The number of benzene rings is 1. The molecule has 0 spiro atoms. The Kier molecular flexibility index (Phi) is 3.10. The quantitative estimate of drug-likeness (QED) is 0.631. The molecule has 4 nitrogen and oxygen atoms in total. The molecule has 0 aliphatic carbocycles. The number of anilines is 1. The molecule has 9 heteroatoms. The molecule has 0 bridgehead atoms. The first-order chi connectivity index (χ1) is 7.09. The average molecular weight is 259 g/mol. The van der Waals surface area contributed by atoms with Crippen LogP contribution in [0.2, 0.25) is 0 Å². The van der Waals surface area contributed by atoms with E-state index in [9.17, 15) is 26.0 Å². The largest absolute Gasteiger partial charge is 0.416 e. The molecule has 0 saturated heterocycles. The topological polar surface area (TPSA) is 66.4 Å². The van der Waals surface area contributed by atoms with Crippen LogP contribution in [0.1, 0.15) is 5.56 Å². The molecule has 0 radical (unpaired) electrons. The van der Waals surface area contributed by atoms with Crippen LogP contribution in [0.4, 0.5) is 23.2 Å². The van der Waals surface area contributed by atoms with Gasteiger partial charge in [-0.2, -0.15) is 21.6 Å². The van der Waals surface area contributed by atoms with Gasteiger partial charge in [0.2, 0.25) is 0 Å². The Morgan fingerprint density at radius 2 is 1.81 bits per heavy atom. The van der Waals surface area contributed by atoms with Crippen molar-refractivity contribution in [2.75, 3.05) is 4.72 Å². The second kappa shape index (κ2) is 3.91. The van der Waals surface area contributed by atoms with Gasteiger partial charge in [-0.05, 0) is 18.2 Å². The van der Waals surface area contributed by atoms with E-state index in [-0.39, 0.29) is 6.07 Å². The fraction of sp³-hybridized carbons (Fsp3) is 0.143. The molecule has 0 aliphatic rings. The first-order valence-electron chi connectivity index (χ1n) is 3.71. The molecule has 0 heterocycles. The second-order valence-corrected chi connectivity index (χ2v) is 3.92. The number of alkyl halides is 3. The van der Waals surface area contributed by atoms with Gasteiger partial charge in [0.25, 0.3) is 0 Å². The minimum Gasteiger partial charge on any atom is -0.269 e. The highest BCUT2D eigenvalue weighted by atomic mass is 32.2. The SMILES string of the molecule is O=S(=O)(O)Nc1cc(C(F)(F)F)ccc1F. The highest BCUT2D eigenvalue weighted by Gasteiger charge is 2.31. The fourth-order valence-corrected chi connectivity index (χ4v) is 1.35. The summed E-state index contributed by atoms with van der Waals surface area (Å²) < 4.78 is 79.5. The summed E-state index contributed by atoms with van der Waals surface area (Å²) >= 11 is 0. The first-order valence-corrected chi connectivity index (χ1v) is 5.15. The predicted octanol–water partition coefficient (Wildman–Crippen LogP) is 2.06. The Morgan fingerprint density at radius 1 is 1.25 bits per heavy atom. The lowest BCUT2D eigenvalue weighted by molar-refractivity contribution is -0.137. The van der Waals surface area contributed by atoms with Crippen LogP contribution < -0.4 is 4.72 Å². The van der Waals surface area contributed by atoms with Crippen molar-refractivity contribution in [3.63, 3.8) is 0 Å². The van der Waals surface area contributed by atoms with Crippen molar-refractivity contribution in [3.8, 4) is 0 Å². The Bertz CT molecular complexity index is 497. The van der Waals surface area contributed by atoms with Crippen LogP contribution in [0.3, 0.4) is 0 Å². The van der Waals surface area contributed by atoms with Crippen molar-refractivity contribution in [1.29, 1.82) is 0 Å². The molecule has 0 fully saturated rings. The predicted molar refractivity (Wildman–Crippen MR) is 46.6 cm³/mol. The van der Waals surface area contributed by atoms with E-state index in [0.717, 1.165) is 0 Å². The zero-order valence-corrected chi connectivity index (χ0v) is 8.23. The van der Waals surface area contributed by atoms with E-state index in [2.05, 4.69) is 0 Å². The Hall–Kier alpha value is -1.35. The normalized spacial score (nSPS) is 12.6. The van der Waals surface area contributed by atoms with Crippen LogP contribution in [0.15, 0.2) is 18.2 Å². The Labute approximate surface area is 87.8 Å². The lowest BCUT2D eigenvalue weighted by Gasteiger charge is -2.09. The summed E-state index contributed by atoms with van der Waals surface area (Å²) in [5, 5.41) is 0. The molecule has 90 valence electrons. The zero-order valence-electron chi connectivity index (χ0n) is 7.42. The Balaban J connectivity index is 3.20. The van der Waals surface area contributed by atoms with Crippen LogP contribution in [-0.2, 0) is 16.5 Å². The van der Waals surface area contributed by atoms with E-state index in [1.165, 1.54) is 4.72 Å². The highest BCUT2D eigenvalue weighted by Crippen LogP contribution is 2.31. The van der Waals surface area contributed by atoms with Crippen molar-refractivity contribution in [1.82, 2.24) is 0 Å². The summed E-state index contributed by atoms with van der Waals surface area (Å²) in [6.45, 7) is 0. The maximum Gasteiger partial charge on any atom is 0.416 e. The number of halogens is 4. The lowest BCUT2D eigenvalue weighted by atomic mass is 10.2. The summed E-state index contributed by atoms with van der Waals surface area (Å²) in [6, 6.07) is 1.13. The van der Waals surface area contributed by atoms with Gasteiger partial charge in [0.15, 0.2) is 0 Å². The van der Waals surface area contributed by atoms with Gasteiger partial charge in [-0.15, -0.1) is 0 Å². The van der Waals surface area contributed by atoms with E-state index in [0.29, 0.717) is 12.1 Å². The first kappa shape index (κ1) is 12.7. The molecule has 0 atom stereocenters. The maximum absolute atomic E-state index is 12.9. The minimum absolute atomic E-state index is 0.239. The van der Waals surface area contributed by atoms with Crippen molar-refractivity contribution in [2.24, 2.45) is 0 Å². The molecular formula is C7H5F4NO3S. The van der Waals surface area contributed by atoms with Gasteiger partial charge in [0.05, 0.1) is 11.3 Å². The van der Waals surface area contributed by atoms with E-state index in [4.69, 9.17) is 4.55 Å². The van der Waals surface area contributed by atoms with Crippen LogP contribution in [-0.4, -0.2) is 13.0 Å². The third-order valence-electron chi connectivity index (χ3n) is 1.53. The van der Waals surface area contributed by atoms with Crippen LogP contribution in [0.5, 0.6) is 0 Å². The Morgan fingerprint density at radius 3 is 2.25 bits per heavy atom. The zero-order chi connectivity index (χ0) is 12.6. The van der Waals surface area contributed by atoms with Gasteiger partial charge in [-0.25, -0.2) is 4.39 Å². The van der Waals surface area contributed by atoms with Gasteiger partial charge in [-0.3, -0.25) is 9.27 Å². The molecule has 0 aromatic heterocycles. The third kappa shape index (κ3) is 3.35. The van der Waals surface area contributed by atoms with Gasteiger partial charge in [-0.1, -0.05) is 0 Å². The summed E-state index contributed by atoms with van der Waals surface area (Å²) in [7, 11) is -4.82. The molecule has 0 saturated carbocycles. The monoisotopic (exact) mass is 259 g/mol. The minimum atomic E-state index is -4.82. The highest BCUT2D eigenvalue weighted by molar-refractivity contribution is 7.87. The van der Waals surface area contributed by atoms with Crippen molar-refractivity contribution < 1.29 is 30.5 Å². The summed E-state index contributed by atoms with van der Waals surface area (Å²) in [6.07, 6.45) is -4.73. The summed E-state index contributed by atoms with van der Waals surface area (Å²) in [5.74, 6) is -1.23. The lowest BCUT2D eigenvalue weighted by Crippen LogP contribution is -2.13. The maximum atomic E-state index is 12.9. The molecule has 1 rings (SSSR count). The number of hydrogen-bond acceptors (Lipinski definition) is 2. The molecular weight excluding hydrogens is 254 g/mol. The van der Waals surface area contributed by atoms with E-state index in [1.54, 1.807) is 0 Å². The van der Waals surface area contributed by atoms with Gasteiger partial charge < -0.3 is 0 Å². The van der Waals surface area contributed by atoms with Crippen LogP contribution in [0.25, 0.3) is 0 Å². The molecule has 2 N–H and O–H groups in total. The fourth-order valence-electron chi connectivity index (χ4n) is 0.919. The van der Waals surface area contributed by atoms with Crippen molar-refractivity contribution in [3.05, 3.63) is 29.6 Å². The molecule has 1 aromatic carbocycles. The van der Waals surface area contributed by atoms with E-state index in [1.807, 2.05) is 0 Å². The van der Waals surface area contributed by atoms with Gasteiger partial charge in [0.1, 0.15) is 5.82 Å². The standard InChI is InChI=1S/C7H5F4NO3S/c8-5-2-1-4(7(9,10)11)3-6(5)12-16(13,14)15/h1-3,12H,(H,13,14,15). The van der Waals surface area contributed by atoms with Gasteiger partial charge >= 0.3 is 16.5 Å². The van der Waals surface area contributed by atoms with E-state index < -0.39 is 33.5 Å². The summed E-state index contributed by atoms with van der Waals surface area (Å²) in [4.78, 5) is 0. The van der Waals surface area contributed by atoms with E-state index >= 15 is 0 Å². The second-order valence-electron chi connectivity index (χ2n) is 2.77. The molecule has 16 heavy (non-hydrogen) atoms. The third-order valence-corrected chi connectivity index (χ3v) is 2.01. The van der Waals surface area contributed by atoms with Crippen LogP contribution in [0, 0.1) is 5.82 Å². The molecule has 0 amide bonds. The molecule has 0 unspecified atom stereocenters. The number of hydrogen-bond donors (Lipinski definition) is 2. The summed E-state index contributed by atoms with van der Waals surface area (Å²) in [5.41, 5.74) is -2.21. The smallest absolute Gasteiger partial charge is 0.269 e. The van der Waals surface area contributed by atoms with Crippen LogP contribution >= 0.6 is 0 Å². The molecule has 1 aromatic rings. The van der Waals surface area contributed by atoms with Crippen molar-refractivity contribution in [2.45, 2.75) is 6.18 Å².